The lowest BCUT2D eigenvalue weighted by Gasteiger charge is -2.23. The third-order valence-corrected chi connectivity index (χ3v) is 12.1. The van der Waals surface area contributed by atoms with Crippen molar-refractivity contribution in [1.82, 2.24) is 9.97 Å². The summed E-state index contributed by atoms with van der Waals surface area (Å²) < 4.78 is 0. The maximum absolute atomic E-state index is 5.30. The second-order valence-electron chi connectivity index (χ2n) is 15.8. The average Bonchev–Trinajstić information content (AvgIpc) is 3.51. The normalized spacial score (nSPS) is 12.9. The molecule has 2 heteroatoms. The topological polar surface area (TPSA) is 25.8 Å². The fraction of sp³-hybridized carbons (Fsp3) is 0.0545. The summed E-state index contributed by atoms with van der Waals surface area (Å²) in [6.45, 7) is 4.73. The quantitative estimate of drug-likeness (QED) is 0.176. The van der Waals surface area contributed by atoms with Crippen LogP contribution in [0, 0.1) is 0 Å². The van der Waals surface area contributed by atoms with Crippen LogP contribution in [0.4, 0.5) is 0 Å². The Morgan fingerprint density at radius 1 is 0.333 bits per heavy atom. The van der Waals surface area contributed by atoms with E-state index in [0.29, 0.717) is 5.82 Å². The summed E-state index contributed by atoms with van der Waals surface area (Å²) >= 11 is 0. The Bertz CT molecular complexity index is 3190. The zero-order chi connectivity index (χ0) is 38.1. The first kappa shape index (κ1) is 33.2. The zero-order valence-corrected chi connectivity index (χ0v) is 31.9. The van der Waals surface area contributed by atoms with Gasteiger partial charge < -0.3 is 0 Å². The Kier molecular flexibility index (Phi) is 7.55. The van der Waals surface area contributed by atoms with Gasteiger partial charge in [-0.05, 0) is 101 Å². The number of hydrogen-bond acceptors (Lipinski definition) is 2. The van der Waals surface area contributed by atoms with Gasteiger partial charge in [-0.1, -0.05) is 184 Å². The average molecular weight is 727 g/mol. The first-order chi connectivity index (χ1) is 28.0. The first-order valence-corrected chi connectivity index (χ1v) is 19.7. The summed E-state index contributed by atoms with van der Waals surface area (Å²) in [6, 6.07) is 70.1. The Balaban J connectivity index is 1.02. The number of fused-ring (bicyclic) bond motifs is 7. The molecular formula is C55H38N2. The van der Waals surface area contributed by atoms with Gasteiger partial charge in [0.15, 0.2) is 5.82 Å². The summed E-state index contributed by atoms with van der Waals surface area (Å²) in [4.78, 5) is 10.5. The molecule has 1 aromatic heterocycles. The minimum absolute atomic E-state index is 0.0917. The fourth-order valence-corrected chi connectivity index (χ4v) is 9.20. The highest BCUT2D eigenvalue weighted by Crippen LogP contribution is 2.52. The molecule has 10 aromatic rings. The summed E-state index contributed by atoms with van der Waals surface area (Å²) in [5, 5.41) is 7.43. The van der Waals surface area contributed by atoms with Crippen molar-refractivity contribution in [3.8, 4) is 67.3 Å². The van der Waals surface area contributed by atoms with Crippen molar-refractivity contribution in [2.45, 2.75) is 19.3 Å². The predicted molar refractivity (Wildman–Crippen MR) is 239 cm³/mol. The van der Waals surface area contributed by atoms with Crippen molar-refractivity contribution in [1.29, 1.82) is 0 Å². The molecule has 268 valence electrons. The molecule has 1 aliphatic rings. The molecule has 0 saturated heterocycles. The van der Waals surface area contributed by atoms with Crippen LogP contribution in [0.3, 0.4) is 0 Å². The molecule has 11 rings (SSSR count). The van der Waals surface area contributed by atoms with Gasteiger partial charge in [-0.3, -0.25) is 0 Å². The van der Waals surface area contributed by atoms with E-state index in [9.17, 15) is 0 Å². The van der Waals surface area contributed by atoms with Crippen LogP contribution in [0.5, 0.6) is 0 Å². The molecule has 1 heterocycles. The smallest absolute Gasteiger partial charge is 0.161 e. The molecule has 1 aliphatic carbocycles. The van der Waals surface area contributed by atoms with E-state index in [1.54, 1.807) is 0 Å². The van der Waals surface area contributed by atoms with E-state index in [0.717, 1.165) is 33.5 Å². The molecule has 0 spiro atoms. The second kappa shape index (κ2) is 13.0. The van der Waals surface area contributed by atoms with Crippen molar-refractivity contribution >= 4 is 32.3 Å². The van der Waals surface area contributed by atoms with Gasteiger partial charge >= 0.3 is 0 Å². The van der Waals surface area contributed by atoms with E-state index in [2.05, 4.69) is 202 Å². The van der Waals surface area contributed by atoms with Crippen molar-refractivity contribution in [3.05, 3.63) is 205 Å². The largest absolute Gasteiger partial charge is 0.228 e. The molecule has 0 aliphatic heterocycles. The molecule has 0 saturated carbocycles. The minimum atomic E-state index is -0.0917. The zero-order valence-electron chi connectivity index (χ0n) is 31.9. The number of benzene rings is 9. The molecule has 2 nitrogen and oxygen atoms in total. The molecule has 0 radical (unpaired) electrons. The lowest BCUT2D eigenvalue weighted by Crippen LogP contribution is -2.15. The second-order valence-corrected chi connectivity index (χ2v) is 15.8. The molecule has 0 atom stereocenters. The standard InChI is InChI=1S/C55H38N2/c1-55(2)50-31-27-42(33-49(50)47-28-26-37-13-8-9-17-44(37)53(47)55)43-29-30-48(46-19-11-10-18-45(43)46)54-56-51(38-14-4-3-5-15-38)34-52(57-54)39-23-20-36(21-24-39)41-25-22-35-12-6-7-16-40(35)32-41/h3-34H,1-2H3. The molecule has 0 fully saturated rings. The molecule has 0 N–H and O–H groups in total. The lowest BCUT2D eigenvalue weighted by molar-refractivity contribution is 0.666. The van der Waals surface area contributed by atoms with Gasteiger partial charge in [-0.2, -0.15) is 0 Å². The molecular weight excluding hydrogens is 689 g/mol. The van der Waals surface area contributed by atoms with E-state index >= 15 is 0 Å². The van der Waals surface area contributed by atoms with E-state index in [-0.39, 0.29) is 5.41 Å². The van der Waals surface area contributed by atoms with Crippen molar-refractivity contribution < 1.29 is 0 Å². The number of hydrogen-bond donors (Lipinski definition) is 0. The monoisotopic (exact) mass is 726 g/mol. The van der Waals surface area contributed by atoms with Crippen LogP contribution in [0.15, 0.2) is 194 Å². The van der Waals surface area contributed by atoms with Crippen LogP contribution in [0.1, 0.15) is 25.0 Å². The van der Waals surface area contributed by atoms with E-state index < -0.39 is 0 Å². The molecule has 57 heavy (non-hydrogen) atoms. The van der Waals surface area contributed by atoms with Gasteiger partial charge in [0.05, 0.1) is 11.4 Å². The first-order valence-electron chi connectivity index (χ1n) is 19.7. The Hall–Kier alpha value is -7.16. The molecule has 0 amide bonds. The third-order valence-electron chi connectivity index (χ3n) is 12.1. The Labute approximate surface area is 332 Å². The highest BCUT2D eigenvalue weighted by molar-refractivity contribution is 6.05. The van der Waals surface area contributed by atoms with Crippen LogP contribution < -0.4 is 0 Å². The number of aromatic nitrogens is 2. The van der Waals surface area contributed by atoms with E-state index in [1.165, 1.54) is 71.4 Å². The maximum atomic E-state index is 5.30. The summed E-state index contributed by atoms with van der Waals surface area (Å²) in [6.07, 6.45) is 0. The van der Waals surface area contributed by atoms with Gasteiger partial charge in [-0.15, -0.1) is 0 Å². The molecule has 0 bridgehead atoms. The van der Waals surface area contributed by atoms with Crippen molar-refractivity contribution in [2.75, 3.05) is 0 Å². The van der Waals surface area contributed by atoms with E-state index in [1.807, 2.05) is 6.07 Å². The van der Waals surface area contributed by atoms with Crippen LogP contribution in [-0.4, -0.2) is 9.97 Å². The summed E-state index contributed by atoms with van der Waals surface area (Å²) in [5.41, 5.74) is 15.1. The Morgan fingerprint density at radius 2 is 0.877 bits per heavy atom. The van der Waals surface area contributed by atoms with Gasteiger partial charge in [0.25, 0.3) is 0 Å². The molecule has 9 aromatic carbocycles. The van der Waals surface area contributed by atoms with Crippen molar-refractivity contribution in [3.63, 3.8) is 0 Å². The number of rotatable bonds is 5. The van der Waals surface area contributed by atoms with Crippen molar-refractivity contribution in [2.24, 2.45) is 0 Å². The maximum Gasteiger partial charge on any atom is 0.161 e. The Morgan fingerprint density at radius 3 is 1.65 bits per heavy atom. The highest BCUT2D eigenvalue weighted by atomic mass is 14.9. The summed E-state index contributed by atoms with van der Waals surface area (Å²) in [7, 11) is 0. The van der Waals surface area contributed by atoms with Gasteiger partial charge in [0.1, 0.15) is 0 Å². The predicted octanol–water partition coefficient (Wildman–Crippen LogP) is 14.6. The lowest BCUT2D eigenvalue weighted by atomic mass is 9.80. The van der Waals surface area contributed by atoms with E-state index in [4.69, 9.17) is 9.97 Å². The minimum Gasteiger partial charge on any atom is -0.228 e. The van der Waals surface area contributed by atoms with Crippen LogP contribution in [0.25, 0.3) is 99.6 Å². The van der Waals surface area contributed by atoms with Gasteiger partial charge in [0, 0.05) is 22.1 Å². The highest BCUT2D eigenvalue weighted by Gasteiger charge is 2.37. The fourth-order valence-electron chi connectivity index (χ4n) is 9.20. The SMILES string of the molecule is CC1(C)c2ccc(-c3ccc(-c4nc(-c5ccccc5)cc(-c5ccc(-c6ccc7ccccc7c6)cc5)n4)c4ccccc34)cc2-c2ccc3ccccc3c21. The van der Waals surface area contributed by atoms with Crippen LogP contribution in [0.2, 0.25) is 0 Å². The third kappa shape index (κ3) is 5.48. The molecule has 0 unspecified atom stereocenters. The van der Waals surface area contributed by atoms with Crippen LogP contribution >= 0.6 is 0 Å². The van der Waals surface area contributed by atoms with Gasteiger partial charge in [0.2, 0.25) is 0 Å². The van der Waals surface area contributed by atoms with Crippen LogP contribution in [-0.2, 0) is 5.41 Å². The van der Waals surface area contributed by atoms with Gasteiger partial charge in [-0.25, -0.2) is 9.97 Å². The number of nitrogens with zero attached hydrogens (tertiary/aromatic N) is 2. The summed E-state index contributed by atoms with van der Waals surface area (Å²) in [5.74, 6) is 0.712.